The average molecular weight is 374 g/mol. The van der Waals surface area contributed by atoms with Crippen molar-refractivity contribution in [3.05, 3.63) is 35.2 Å². The van der Waals surface area contributed by atoms with Crippen LogP contribution in [0, 0.1) is 6.92 Å². The average Bonchev–Trinajstić information content (AvgIpc) is 2.78. The Balaban J connectivity index is 1.96. The molecule has 0 unspecified atom stereocenters. The molecule has 2 aromatic heterocycles. The number of rotatable bonds is 4. The molecule has 2 heterocycles. The van der Waals surface area contributed by atoms with Crippen molar-refractivity contribution in [3.63, 3.8) is 0 Å². The number of aryl methyl sites for hydroxylation is 2. The van der Waals surface area contributed by atoms with Gasteiger partial charge in [0.05, 0.1) is 11.4 Å². The highest BCUT2D eigenvalue weighted by Gasteiger charge is 2.41. The molecule has 0 aromatic carbocycles. The third kappa shape index (κ3) is 3.68. The van der Waals surface area contributed by atoms with Gasteiger partial charge in [0, 0.05) is 24.9 Å². The third-order valence-corrected chi connectivity index (χ3v) is 5.78. The van der Waals surface area contributed by atoms with E-state index in [4.69, 9.17) is 0 Å². The topological polar surface area (TPSA) is 77.7 Å². The fourth-order valence-electron chi connectivity index (χ4n) is 2.74. The number of nitrogens with zero attached hydrogens (tertiary/aromatic N) is 4. The van der Waals surface area contributed by atoms with Gasteiger partial charge in [-0.25, -0.2) is 18.4 Å². The first-order valence-electron chi connectivity index (χ1n) is 7.74. The molecule has 0 spiro atoms. The fourth-order valence-corrected chi connectivity index (χ4v) is 4.20. The normalized spacial score (nSPS) is 16.0. The lowest BCUT2D eigenvalue weighted by Gasteiger charge is -2.24. The van der Waals surface area contributed by atoms with Crippen LogP contribution in [-0.2, 0) is 28.8 Å². The molecule has 0 bridgehead atoms. The zero-order valence-electron chi connectivity index (χ0n) is 13.7. The Kier molecular flexibility index (Phi) is 4.34. The number of hydrogen-bond donors (Lipinski definition) is 0. The summed E-state index contributed by atoms with van der Waals surface area (Å²) in [5.74, 6) is 0.148. The Morgan fingerprint density at radius 3 is 2.52 bits per heavy atom. The standard InChI is InChI=1S/C15H17F3N4O2S/c1-9-6-11(20-14(19-9)10-4-3-5-10)8-25(23,24)12-7-22(2)21-13(12)15(16,17)18/h6-7,10H,3-5,8H2,1-2H3. The summed E-state index contributed by atoms with van der Waals surface area (Å²) in [7, 11) is -3.00. The van der Waals surface area contributed by atoms with Crippen LogP contribution in [0.4, 0.5) is 13.2 Å². The summed E-state index contributed by atoms with van der Waals surface area (Å²) in [6.45, 7) is 1.71. The lowest BCUT2D eigenvalue weighted by atomic mass is 9.85. The van der Waals surface area contributed by atoms with Crippen LogP contribution < -0.4 is 0 Å². The number of aromatic nitrogens is 4. The second kappa shape index (κ2) is 6.08. The predicted octanol–water partition coefficient (Wildman–Crippen LogP) is 2.78. The lowest BCUT2D eigenvalue weighted by molar-refractivity contribution is -0.143. The maximum Gasteiger partial charge on any atom is 0.436 e. The quantitative estimate of drug-likeness (QED) is 0.822. The molecule has 136 valence electrons. The van der Waals surface area contributed by atoms with Gasteiger partial charge >= 0.3 is 6.18 Å². The molecule has 0 saturated heterocycles. The molecule has 0 N–H and O–H groups in total. The first-order chi connectivity index (χ1) is 11.6. The zero-order chi connectivity index (χ0) is 18.4. The molecule has 10 heteroatoms. The van der Waals surface area contributed by atoms with E-state index in [1.165, 1.54) is 13.1 Å². The summed E-state index contributed by atoms with van der Waals surface area (Å²) in [5, 5.41) is 3.26. The van der Waals surface area contributed by atoms with Gasteiger partial charge in [-0.3, -0.25) is 4.68 Å². The third-order valence-electron chi connectivity index (χ3n) is 4.13. The number of halogens is 3. The Morgan fingerprint density at radius 1 is 1.28 bits per heavy atom. The van der Waals surface area contributed by atoms with Gasteiger partial charge in [-0.15, -0.1) is 0 Å². The van der Waals surface area contributed by atoms with Gasteiger partial charge in [-0.1, -0.05) is 6.42 Å². The summed E-state index contributed by atoms with van der Waals surface area (Å²) in [4.78, 5) is 7.75. The highest BCUT2D eigenvalue weighted by molar-refractivity contribution is 7.90. The van der Waals surface area contributed by atoms with E-state index in [-0.39, 0.29) is 11.6 Å². The molecule has 25 heavy (non-hydrogen) atoms. The van der Waals surface area contributed by atoms with Crippen LogP contribution in [0.15, 0.2) is 17.2 Å². The van der Waals surface area contributed by atoms with Crippen LogP contribution in [0.5, 0.6) is 0 Å². The zero-order valence-corrected chi connectivity index (χ0v) is 14.5. The smallest absolute Gasteiger partial charge is 0.274 e. The van der Waals surface area contributed by atoms with Gasteiger partial charge in [-0.05, 0) is 25.8 Å². The minimum absolute atomic E-state index is 0.200. The van der Waals surface area contributed by atoms with Crippen molar-refractivity contribution < 1.29 is 21.6 Å². The molecule has 0 amide bonds. The highest BCUT2D eigenvalue weighted by atomic mass is 32.2. The summed E-state index contributed by atoms with van der Waals surface area (Å²) in [6.07, 6.45) is -1.02. The van der Waals surface area contributed by atoms with Gasteiger partial charge in [-0.2, -0.15) is 18.3 Å². The van der Waals surface area contributed by atoms with Crippen LogP contribution in [0.2, 0.25) is 0 Å². The predicted molar refractivity (Wildman–Crippen MR) is 82.5 cm³/mol. The molecular weight excluding hydrogens is 357 g/mol. The minimum Gasteiger partial charge on any atom is -0.274 e. The van der Waals surface area contributed by atoms with E-state index >= 15 is 0 Å². The summed E-state index contributed by atoms with van der Waals surface area (Å²) in [6, 6.07) is 1.49. The van der Waals surface area contributed by atoms with Gasteiger partial charge < -0.3 is 0 Å². The number of hydrogen-bond acceptors (Lipinski definition) is 5. The molecular formula is C15H17F3N4O2S. The van der Waals surface area contributed by atoms with E-state index in [0.29, 0.717) is 11.5 Å². The molecule has 1 saturated carbocycles. The van der Waals surface area contributed by atoms with Crippen LogP contribution in [0.25, 0.3) is 0 Å². The molecule has 0 radical (unpaired) electrons. The SMILES string of the molecule is Cc1cc(CS(=O)(=O)c2cn(C)nc2C(F)(F)F)nc(C2CCC2)n1. The van der Waals surface area contributed by atoms with E-state index in [0.717, 1.165) is 30.1 Å². The van der Waals surface area contributed by atoms with Gasteiger partial charge in [0.25, 0.3) is 0 Å². The summed E-state index contributed by atoms with van der Waals surface area (Å²) >= 11 is 0. The monoisotopic (exact) mass is 374 g/mol. The van der Waals surface area contributed by atoms with Crippen LogP contribution in [0.3, 0.4) is 0 Å². The fraction of sp³-hybridized carbons (Fsp3) is 0.533. The number of alkyl halides is 3. The molecule has 6 nitrogen and oxygen atoms in total. The van der Waals surface area contributed by atoms with Crippen molar-refractivity contribution in [2.24, 2.45) is 7.05 Å². The van der Waals surface area contributed by atoms with E-state index < -0.39 is 32.4 Å². The second-order valence-electron chi connectivity index (χ2n) is 6.26. The van der Waals surface area contributed by atoms with Gasteiger partial charge in [0.1, 0.15) is 10.7 Å². The molecule has 0 aliphatic heterocycles. The molecule has 1 aliphatic rings. The van der Waals surface area contributed by atoms with Gasteiger partial charge in [0.2, 0.25) is 0 Å². The van der Waals surface area contributed by atoms with E-state index in [2.05, 4.69) is 15.1 Å². The molecule has 0 atom stereocenters. The van der Waals surface area contributed by atoms with E-state index in [1.807, 2.05) is 0 Å². The van der Waals surface area contributed by atoms with Crippen molar-refractivity contribution in [2.75, 3.05) is 0 Å². The lowest BCUT2D eigenvalue weighted by Crippen LogP contribution is -2.17. The molecule has 3 rings (SSSR count). The van der Waals surface area contributed by atoms with Crippen molar-refractivity contribution in [3.8, 4) is 0 Å². The van der Waals surface area contributed by atoms with Crippen LogP contribution >= 0.6 is 0 Å². The molecule has 1 aliphatic carbocycles. The Hall–Kier alpha value is -1.97. The van der Waals surface area contributed by atoms with Crippen LogP contribution in [-0.4, -0.2) is 28.2 Å². The molecule has 1 fully saturated rings. The summed E-state index contributed by atoms with van der Waals surface area (Å²) < 4.78 is 65.1. The van der Waals surface area contributed by atoms with Crippen molar-refractivity contribution >= 4 is 9.84 Å². The molecule has 2 aromatic rings. The first kappa shape index (κ1) is 17.8. The van der Waals surface area contributed by atoms with Crippen molar-refractivity contribution in [2.45, 2.75) is 48.9 Å². The maximum absolute atomic E-state index is 13.1. The van der Waals surface area contributed by atoms with E-state index in [1.54, 1.807) is 6.92 Å². The maximum atomic E-state index is 13.1. The largest absolute Gasteiger partial charge is 0.436 e. The minimum atomic E-state index is -4.84. The van der Waals surface area contributed by atoms with Crippen LogP contribution in [0.1, 0.15) is 48.1 Å². The Bertz CT molecular complexity index is 902. The first-order valence-corrected chi connectivity index (χ1v) is 9.39. The van der Waals surface area contributed by atoms with E-state index in [9.17, 15) is 21.6 Å². The Morgan fingerprint density at radius 2 is 1.96 bits per heavy atom. The van der Waals surface area contributed by atoms with Crippen molar-refractivity contribution in [1.82, 2.24) is 19.7 Å². The number of sulfone groups is 1. The highest BCUT2D eigenvalue weighted by Crippen LogP contribution is 2.36. The van der Waals surface area contributed by atoms with Gasteiger partial charge in [0.15, 0.2) is 15.5 Å². The Labute approximate surface area is 143 Å². The second-order valence-corrected chi connectivity index (χ2v) is 8.22. The van der Waals surface area contributed by atoms with Crippen molar-refractivity contribution in [1.29, 1.82) is 0 Å². The summed E-state index contributed by atoms with van der Waals surface area (Å²) in [5.41, 5.74) is -0.601.